The fraction of sp³-hybridized carbons (Fsp3) is 0.636. The Balaban J connectivity index is 1.96. The predicted molar refractivity (Wildman–Crippen MR) is 64.2 cm³/mol. The molecule has 0 spiro atoms. The quantitative estimate of drug-likeness (QED) is 0.649. The zero-order chi connectivity index (χ0) is 11.4. The van der Waals surface area contributed by atoms with Crippen molar-refractivity contribution in [3.8, 4) is 0 Å². The van der Waals surface area contributed by atoms with Crippen LogP contribution < -0.4 is 5.32 Å². The second-order valence-electron chi connectivity index (χ2n) is 4.06. The molecule has 16 heavy (non-hydrogen) atoms. The van der Waals surface area contributed by atoms with Crippen molar-refractivity contribution in [2.24, 2.45) is 5.92 Å². The Morgan fingerprint density at radius 1 is 1.50 bits per heavy atom. The van der Waals surface area contributed by atoms with Crippen LogP contribution in [0.4, 0.5) is 10.3 Å². The van der Waals surface area contributed by atoms with Gasteiger partial charge in [-0.3, -0.25) is 0 Å². The lowest BCUT2D eigenvalue weighted by atomic mass is 10.1. The zero-order valence-corrected chi connectivity index (χ0v) is 10.2. The number of anilines is 1. The first-order valence-electron chi connectivity index (χ1n) is 5.62. The molecule has 0 bridgehead atoms. The first-order valence-corrected chi connectivity index (χ1v) is 6.61. The Labute approximate surface area is 99.3 Å². The van der Waals surface area contributed by atoms with Crippen molar-refractivity contribution >= 4 is 17.7 Å². The molecule has 0 radical (unpaired) electrons. The van der Waals surface area contributed by atoms with E-state index in [0.717, 1.165) is 11.7 Å². The van der Waals surface area contributed by atoms with Gasteiger partial charge < -0.3 is 5.32 Å². The molecule has 1 aromatic rings. The monoisotopic (exact) mass is 241 g/mol. The Bertz CT molecular complexity index is 353. The van der Waals surface area contributed by atoms with Gasteiger partial charge in [0.2, 0.25) is 5.95 Å². The Kier molecular flexibility index (Phi) is 3.98. The summed E-state index contributed by atoms with van der Waals surface area (Å²) in [6.45, 7) is 0. The van der Waals surface area contributed by atoms with Crippen molar-refractivity contribution in [2.75, 3.05) is 18.1 Å². The lowest BCUT2D eigenvalue weighted by molar-refractivity contribution is 0.577. The van der Waals surface area contributed by atoms with Gasteiger partial charge in [0.1, 0.15) is 5.03 Å². The fourth-order valence-corrected chi connectivity index (χ4v) is 3.02. The van der Waals surface area contributed by atoms with Gasteiger partial charge in [-0.1, -0.05) is 12.8 Å². The smallest absolute Gasteiger partial charge is 0.223 e. The Hall–Kier alpha value is -0.840. The maximum Gasteiger partial charge on any atom is 0.223 e. The molecular formula is C11H16FN3S. The lowest BCUT2D eigenvalue weighted by Gasteiger charge is -2.08. The van der Waals surface area contributed by atoms with Crippen LogP contribution in [0, 0.1) is 11.7 Å². The summed E-state index contributed by atoms with van der Waals surface area (Å²) in [5, 5.41) is 3.28. The van der Waals surface area contributed by atoms with E-state index in [9.17, 15) is 4.39 Å². The van der Waals surface area contributed by atoms with Crippen LogP contribution in [0.25, 0.3) is 0 Å². The van der Waals surface area contributed by atoms with Gasteiger partial charge in [0, 0.05) is 12.8 Å². The molecule has 0 saturated heterocycles. The third kappa shape index (κ3) is 2.84. The molecule has 1 N–H and O–H groups in total. The standard InChI is InChI=1S/C11H16FN3S/c1-13-11-14-6-9(12)10(15-11)16-7-8-4-2-3-5-8/h6,8H,2-5,7H2,1H3,(H,13,14,15). The summed E-state index contributed by atoms with van der Waals surface area (Å²) in [6.07, 6.45) is 6.42. The van der Waals surface area contributed by atoms with E-state index in [0.29, 0.717) is 11.0 Å². The summed E-state index contributed by atoms with van der Waals surface area (Å²) in [6, 6.07) is 0. The highest BCUT2D eigenvalue weighted by atomic mass is 32.2. The molecule has 0 amide bonds. The summed E-state index contributed by atoms with van der Waals surface area (Å²) < 4.78 is 13.4. The average Bonchev–Trinajstić information content (AvgIpc) is 2.81. The minimum absolute atomic E-state index is 0.318. The number of thioether (sulfide) groups is 1. The van der Waals surface area contributed by atoms with Gasteiger partial charge in [-0.15, -0.1) is 11.8 Å². The summed E-state index contributed by atoms with van der Waals surface area (Å²) in [5.74, 6) is 1.87. The van der Waals surface area contributed by atoms with Gasteiger partial charge in [0.05, 0.1) is 6.20 Å². The van der Waals surface area contributed by atoms with Crippen LogP contribution in [0.2, 0.25) is 0 Å². The molecule has 1 aliphatic rings. The van der Waals surface area contributed by atoms with Crippen molar-refractivity contribution in [3.05, 3.63) is 12.0 Å². The predicted octanol–water partition coefficient (Wildman–Crippen LogP) is 2.94. The van der Waals surface area contributed by atoms with E-state index in [1.165, 1.54) is 43.6 Å². The largest absolute Gasteiger partial charge is 0.357 e. The van der Waals surface area contributed by atoms with E-state index < -0.39 is 0 Å². The maximum atomic E-state index is 13.4. The summed E-state index contributed by atoms with van der Waals surface area (Å²) >= 11 is 1.51. The summed E-state index contributed by atoms with van der Waals surface area (Å²) in [5.41, 5.74) is 0. The molecule has 0 unspecified atom stereocenters. The summed E-state index contributed by atoms with van der Waals surface area (Å²) in [7, 11) is 1.73. The average molecular weight is 241 g/mol. The highest BCUT2D eigenvalue weighted by molar-refractivity contribution is 7.99. The number of hydrogen-bond donors (Lipinski definition) is 1. The molecule has 1 heterocycles. The fourth-order valence-electron chi connectivity index (χ4n) is 1.95. The molecule has 0 aromatic carbocycles. The molecule has 1 fully saturated rings. The summed E-state index contributed by atoms with van der Waals surface area (Å²) in [4.78, 5) is 7.94. The number of aromatic nitrogens is 2. The molecule has 0 atom stereocenters. The number of nitrogens with zero attached hydrogens (tertiary/aromatic N) is 2. The Morgan fingerprint density at radius 3 is 2.94 bits per heavy atom. The first kappa shape index (κ1) is 11.6. The third-order valence-corrected chi connectivity index (χ3v) is 4.06. The zero-order valence-electron chi connectivity index (χ0n) is 9.37. The van der Waals surface area contributed by atoms with Crippen LogP contribution in [0.1, 0.15) is 25.7 Å². The topological polar surface area (TPSA) is 37.8 Å². The minimum Gasteiger partial charge on any atom is -0.357 e. The lowest BCUT2D eigenvalue weighted by Crippen LogP contribution is -2.02. The molecule has 5 heteroatoms. The second kappa shape index (κ2) is 5.48. The van der Waals surface area contributed by atoms with Crippen LogP contribution in [-0.4, -0.2) is 22.8 Å². The van der Waals surface area contributed by atoms with Gasteiger partial charge in [-0.05, 0) is 18.8 Å². The van der Waals surface area contributed by atoms with Crippen LogP contribution in [0.5, 0.6) is 0 Å². The highest BCUT2D eigenvalue weighted by Crippen LogP contribution is 2.31. The number of halogens is 1. The molecule has 2 rings (SSSR count). The van der Waals surface area contributed by atoms with E-state index in [-0.39, 0.29) is 5.82 Å². The van der Waals surface area contributed by atoms with Gasteiger partial charge in [-0.25, -0.2) is 14.4 Å². The first-order chi connectivity index (χ1) is 7.79. The SMILES string of the molecule is CNc1ncc(F)c(SCC2CCCC2)n1. The van der Waals surface area contributed by atoms with Crippen molar-refractivity contribution in [1.29, 1.82) is 0 Å². The number of rotatable bonds is 4. The van der Waals surface area contributed by atoms with Crippen LogP contribution in [0.15, 0.2) is 11.2 Å². The second-order valence-corrected chi connectivity index (χ2v) is 5.07. The minimum atomic E-state index is -0.318. The normalized spacial score (nSPS) is 16.6. The van der Waals surface area contributed by atoms with Crippen molar-refractivity contribution in [1.82, 2.24) is 9.97 Å². The van der Waals surface area contributed by atoms with Crippen molar-refractivity contribution in [3.63, 3.8) is 0 Å². The highest BCUT2D eigenvalue weighted by Gasteiger charge is 2.16. The third-order valence-electron chi connectivity index (χ3n) is 2.87. The van der Waals surface area contributed by atoms with Gasteiger partial charge in [-0.2, -0.15) is 0 Å². The van der Waals surface area contributed by atoms with E-state index in [2.05, 4.69) is 15.3 Å². The Morgan fingerprint density at radius 2 is 2.25 bits per heavy atom. The maximum absolute atomic E-state index is 13.4. The van der Waals surface area contributed by atoms with Gasteiger partial charge in [0.15, 0.2) is 5.82 Å². The molecule has 1 saturated carbocycles. The van der Waals surface area contributed by atoms with E-state index in [1.54, 1.807) is 7.05 Å². The molecule has 88 valence electrons. The van der Waals surface area contributed by atoms with E-state index >= 15 is 0 Å². The van der Waals surface area contributed by atoms with Gasteiger partial charge >= 0.3 is 0 Å². The molecule has 1 aliphatic carbocycles. The van der Waals surface area contributed by atoms with Crippen molar-refractivity contribution < 1.29 is 4.39 Å². The number of hydrogen-bond acceptors (Lipinski definition) is 4. The molecule has 0 aliphatic heterocycles. The van der Waals surface area contributed by atoms with E-state index in [4.69, 9.17) is 0 Å². The van der Waals surface area contributed by atoms with Crippen LogP contribution >= 0.6 is 11.8 Å². The molecule has 3 nitrogen and oxygen atoms in total. The van der Waals surface area contributed by atoms with Crippen LogP contribution in [0.3, 0.4) is 0 Å². The molecule has 1 aromatic heterocycles. The van der Waals surface area contributed by atoms with E-state index in [1.807, 2.05) is 0 Å². The van der Waals surface area contributed by atoms with Crippen molar-refractivity contribution in [2.45, 2.75) is 30.7 Å². The number of nitrogens with one attached hydrogen (secondary N) is 1. The van der Waals surface area contributed by atoms with Gasteiger partial charge in [0.25, 0.3) is 0 Å². The van der Waals surface area contributed by atoms with Crippen LogP contribution in [-0.2, 0) is 0 Å². The molecular weight excluding hydrogens is 225 g/mol.